The van der Waals surface area contributed by atoms with E-state index in [1.165, 1.54) is 0 Å². The first kappa shape index (κ1) is 11.8. The molecule has 0 radical (unpaired) electrons. The van der Waals surface area contributed by atoms with Crippen LogP contribution in [0.1, 0.15) is 71.1 Å². The van der Waals surface area contributed by atoms with Crippen molar-refractivity contribution in [3.63, 3.8) is 0 Å². The van der Waals surface area contributed by atoms with Gasteiger partial charge in [0.15, 0.2) is 0 Å². The third-order valence-electron chi connectivity index (χ3n) is 7.34. The molecule has 4 saturated carbocycles. The summed E-state index contributed by atoms with van der Waals surface area (Å²) >= 11 is 0. The maximum absolute atomic E-state index is 2.51. The Balaban J connectivity index is 1.55. The van der Waals surface area contributed by atoms with Gasteiger partial charge >= 0.3 is 0 Å². The smallest absolute Gasteiger partial charge is 0.0352 e. The van der Waals surface area contributed by atoms with Gasteiger partial charge in [-0.2, -0.15) is 0 Å². The van der Waals surface area contributed by atoms with E-state index in [4.69, 9.17) is 0 Å². The minimum atomic E-state index is 1.04. The highest BCUT2D eigenvalue weighted by Gasteiger charge is 2.49. The van der Waals surface area contributed by atoms with Crippen molar-refractivity contribution in [2.45, 2.75) is 71.1 Å². The Morgan fingerprint density at radius 2 is 1.28 bits per heavy atom. The normalized spacial score (nSPS) is 55.5. The van der Waals surface area contributed by atoms with Gasteiger partial charge in [-0.1, -0.05) is 26.2 Å². The highest BCUT2D eigenvalue weighted by Crippen LogP contribution is 2.58. The van der Waals surface area contributed by atoms with Crippen LogP contribution in [0.3, 0.4) is 0 Å². The molecule has 7 atom stereocenters. The molecule has 18 heavy (non-hydrogen) atoms. The van der Waals surface area contributed by atoms with E-state index in [1.807, 2.05) is 0 Å². The molecule has 4 aliphatic rings. The number of hydrogen-bond acceptors (Lipinski definition) is 0. The Morgan fingerprint density at radius 1 is 0.556 bits per heavy atom. The fourth-order valence-corrected chi connectivity index (χ4v) is 6.76. The van der Waals surface area contributed by atoms with Crippen molar-refractivity contribution in [2.24, 2.45) is 41.4 Å². The average Bonchev–Trinajstić information content (AvgIpc) is 2.79. The van der Waals surface area contributed by atoms with Crippen LogP contribution in [0, 0.1) is 41.4 Å². The van der Waals surface area contributed by atoms with E-state index in [0.717, 1.165) is 41.4 Å². The molecule has 0 heteroatoms. The Bertz CT molecular complexity index is 293. The summed E-state index contributed by atoms with van der Waals surface area (Å²) in [6, 6.07) is 0. The zero-order valence-corrected chi connectivity index (χ0v) is 12.1. The Morgan fingerprint density at radius 3 is 2.17 bits per heavy atom. The second kappa shape index (κ2) is 4.53. The summed E-state index contributed by atoms with van der Waals surface area (Å²) in [6.45, 7) is 2.51. The molecule has 0 aromatic carbocycles. The topological polar surface area (TPSA) is 0 Å². The van der Waals surface area contributed by atoms with Crippen LogP contribution in [0.4, 0.5) is 0 Å². The lowest BCUT2D eigenvalue weighted by atomic mass is 9.54. The van der Waals surface area contributed by atoms with E-state index in [2.05, 4.69) is 6.92 Å². The summed E-state index contributed by atoms with van der Waals surface area (Å²) in [5.74, 6) is 7.97. The second-order valence-electron chi connectivity index (χ2n) is 8.19. The van der Waals surface area contributed by atoms with E-state index in [1.54, 1.807) is 64.2 Å². The maximum atomic E-state index is 2.51. The van der Waals surface area contributed by atoms with Crippen molar-refractivity contribution in [2.75, 3.05) is 0 Å². The molecule has 0 saturated heterocycles. The summed E-state index contributed by atoms with van der Waals surface area (Å²) in [7, 11) is 0. The molecule has 0 aromatic heterocycles. The van der Waals surface area contributed by atoms with Crippen LogP contribution in [0.5, 0.6) is 0 Å². The Labute approximate surface area is 113 Å². The fourth-order valence-electron chi connectivity index (χ4n) is 6.76. The molecule has 0 N–H and O–H groups in total. The van der Waals surface area contributed by atoms with Gasteiger partial charge in [-0.3, -0.25) is 0 Å². The minimum absolute atomic E-state index is 1.04. The predicted molar refractivity (Wildman–Crippen MR) is 76.3 cm³/mol. The van der Waals surface area contributed by atoms with Gasteiger partial charge in [-0.25, -0.2) is 0 Å². The molecule has 0 bridgehead atoms. The molecule has 0 aromatic rings. The lowest BCUT2D eigenvalue weighted by molar-refractivity contribution is -0.0185. The first-order valence-corrected chi connectivity index (χ1v) is 8.83. The van der Waals surface area contributed by atoms with Gasteiger partial charge < -0.3 is 0 Å². The van der Waals surface area contributed by atoms with Crippen molar-refractivity contribution >= 4 is 0 Å². The summed E-state index contributed by atoms with van der Waals surface area (Å²) in [5.41, 5.74) is 0. The monoisotopic (exact) mass is 246 g/mol. The van der Waals surface area contributed by atoms with Gasteiger partial charge in [-0.15, -0.1) is 0 Å². The van der Waals surface area contributed by atoms with E-state index in [-0.39, 0.29) is 0 Å². The first-order valence-electron chi connectivity index (χ1n) is 8.83. The third-order valence-corrected chi connectivity index (χ3v) is 7.34. The molecule has 0 aliphatic heterocycles. The van der Waals surface area contributed by atoms with Crippen molar-refractivity contribution in [3.05, 3.63) is 0 Å². The summed E-state index contributed by atoms with van der Waals surface area (Å²) in [4.78, 5) is 0. The number of hydrogen-bond donors (Lipinski definition) is 0. The van der Waals surface area contributed by atoms with Crippen LogP contribution in [0.2, 0.25) is 0 Å². The molecule has 4 aliphatic carbocycles. The van der Waals surface area contributed by atoms with Crippen LogP contribution in [-0.4, -0.2) is 0 Å². The molecular formula is C18H30. The van der Waals surface area contributed by atoms with Crippen molar-refractivity contribution in [3.8, 4) is 0 Å². The second-order valence-corrected chi connectivity index (χ2v) is 8.19. The molecule has 0 amide bonds. The maximum Gasteiger partial charge on any atom is -0.0352 e. The zero-order chi connectivity index (χ0) is 12.1. The van der Waals surface area contributed by atoms with Gasteiger partial charge in [0.05, 0.1) is 0 Å². The van der Waals surface area contributed by atoms with Crippen LogP contribution in [-0.2, 0) is 0 Å². The number of fused-ring (bicyclic) bond motifs is 5. The summed E-state index contributed by atoms with van der Waals surface area (Å²) in [5, 5.41) is 0. The minimum Gasteiger partial charge on any atom is -0.0625 e. The molecule has 2 unspecified atom stereocenters. The molecule has 0 nitrogen and oxygen atoms in total. The van der Waals surface area contributed by atoms with Gasteiger partial charge in [0.1, 0.15) is 0 Å². The van der Waals surface area contributed by atoms with Crippen molar-refractivity contribution in [1.29, 1.82) is 0 Å². The lowest BCUT2D eigenvalue weighted by Crippen LogP contribution is -2.43. The predicted octanol–water partition coefficient (Wildman–Crippen LogP) is 5.28. The van der Waals surface area contributed by atoms with Gasteiger partial charge in [0, 0.05) is 0 Å². The largest absolute Gasteiger partial charge is 0.0625 e. The van der Waals surface area contributed by atoms with Crippen LogP contribution in [0.25, 0.3) is 0 Å². The van der Waals surface area contributed by atoms with Crippen LogP contribution in [0.15, 0.2) is 0 Å². The first-order chi connectivity index (χ1) is 8.83. The highest BCUT2D eigenvalue weighted by molar-refractivity contribution is 4.99. The van der Waals surface area contributed by atoms with Crippen molar-refractivity contribution in [1.82, 2.24) is 0 Å². The highest BCUT2D eigenvalue weighted by atomic mass is 14.5. The molecule has 102 valence electrons. The van der Waals surface area contributed by atoms with E-state index in [0.29, 0.717) is 0 Å². The molecule has 4 rings (SSSR count). The Kier molecular flexibility index (Phi) is 2.97. The lowest BCUT2D eigenvalue weighted by Gasteiger charge is -2.51. The fraction of sp³-hybridized carbons (Fsp3) is 1.00. The SMILES string of the molecule is CC1C[C@H]2CC[C@H]3[C@@H](CCC4CCCC[C@@H]43)[C@@H]2C1. The molecule has 0 heterocycles. The summed E-state index contributed by atoms with van der Waals surface area (Å²) < 4.78 is 0. The third kappa shape index (κ3) is 1.78. The van der Waals surface area contributed by atoms with Crippen LogP contribution < -0.4 is 0 Å². The quantitative estimate of drug-likeness (QED) is 0.546. The number of rotatable bonds is 0. The zero-order valence-electron chi connectivity index (χ0n) is 12.1. The standard InChI is InChI=1S/C18H30/c1-12-10-14-7-9-16-15-5-3-2-4-13(15)6-8-17(16)18(14)11-12/h12-18H,2-11H2,1H3/t12?,13?,14-,15+,16-,17-,18-/m1/s1. The average molecular weight is 246 g/mol. The van der Waals surface area contributed by atoms with E-state index < -0.39 is 0 Å². The summed E-state index contributed by atoms with van der Waals surface area (Å²) in [6.07, 6.45) is 15.8. The Hall–Kier alpha value is 0. The van der Waals surface area contributed by atoms with E-state index >= 15 is 0 Å². The van der Waals surface area contributed by atoms with Gasteiger partial charge in [-0.05, 0) is 86.4 Å². The molecule has 0 spiro atoms. The van der Waals surface area contributed by atoms with Gasteiger partial charge in [0.2, 0.25) is 0 Å². The van der Waals surface area contributed by atoms with Crippen molar-refractivity contribution < 1.29 is 0 Å². The van der Waals surface area contributed by atoms with Gasteiger partial charge in [0.25, 0.3) is 0 Å². The van der Waals surface area contributed by atoms with E-state index in [9.17, 15) is 0 Å². The molecular weight excluding hydrogens is 216 g/mol. The van der Waals surface area contributed by atoms with Crippen LogP contribution >= 0.6 is 0 Å². The molecule has 4 fully saturated rings.